The average Bonchev–Trinajstić information content (AvgIpc) is 2.38. The van der Waals surface area contributed by atoms with Crippen LogP contribution in [-0.4, -0.2) is 53.8 Å². The first-order chi connectivity index (χ1) is 8.56. The molecule has 18 heavy (non-hydrogen) atoms. The second-order valence-corrected chi connectivity index (χ2v) is 4.32. The highest BCUT2D eigenvalue weighted by atomic mass is 16.2. The number of allylic oxidation sites excluding steroid dienone is 3. The van der Waals surface area contributed by atoms with Crippen LogP contribution in [0.25, 0.3) is 0 Å². The third kappa shape index (κ3) is 4.00. The van der Waals surface area contributed by atoms with Crippen LogP contribution >= 0.6 is 0 Å². The summed E-state index contributed by atoms with van der Waals surface area (Å²) in [5, 5.41) is 0. The predicted octanol–water partition coefficient (Wildman–Crippen LogP) is 0.137. The van der Waals surface area contributed by atoms with Crippen molar-refractivity contribution in [1.29, 1.82) is 0 Å². The van der Waals surface area contributed by atoms with Gasteiger partial charge in [0.05, 0.1) is 6.04 Å². The van der Waals surface area contributed by atoms with Crippen LogP contribution in [0.2, 0.25) is 0 Å². The molecule has 0 aromatic heterocycles. The van der Waals surface area contributed by atoms with Gasteiger partial charge in [0, 0.05) is 32.3 Å². The molecule has 1 aliphatic heterocycles. The van der Waals surface area contributed by atoms with Gasteiger partial charge in [-0.3, -0.25) is 14.5 Å². The SMILES string of the molecule is C/C=C/C=C/C(=O)N1CCN(C(C)C(N)=O)CC1. The largest absolute Gasteiger partial charge is 0.368 e. The molecule has 0 bridgehead atoms. The summed E-state index contributed by atoms with van der Waals surface area (Å²) in [5.41, 5.74) is 5.26. The Labute approximate surface area is 108 Å². The summed E-state index contributed by atoms with van der Waals surface area (Å²) in [5.74, 6) is -0.303. The second-order valence-electron chi connectivity index (χ2n) is 4.32. The van der Waals surface area contributed by atoms with Gasteiger partial charge in [-0.15, -0.1) is 0 Å². The molecule has 1 fully saturated rings. The smallest absolute Gasteiger partial charge is 0.246 e. The van der Waals surface area contributed by atoms with Crippen molar-refractivity contribution in [3.63, 3.8) is 0 Å². The van der Waals surface area contributed by atoms with Crippen LogP contribution in [0.15, 0.2) is 24.3 Å². The molecule has 2 amide bonds. The first-order valence-electron chi connectivity index (χ1n) is 6.18. The molecule has 0 spiro atoms. The monoisotopic (exact) mass is 251 g/mol. The maximum Gasteiger partial charge on any atom is 0.246 e. The highest BCUT2D eigenvalue weighted by Gasteiger charge is 2.25. The fourth-order valence-electron chi connectivity index (χ4n) is 1.86. The molecule has 5 nitrogen and oxygen atoms in total. The molecule has 1 unspecified atom stereocenters. The minimum absolute atomic E-state index is 0.0134. The van der Waals surface area contributed by atoms with E-state index in [2.05, 4.69) is 0 Å². The van der Waals surface area contributed by atoms with Gasteiger partial charge in [-0.1, -0.05) is 18.2 Å². The summed E-state index contributed by atoms with van der Waals surface area (Å²) in [6.45, 7) is 6.35. The zero-order valence-corrected chi connectivity index (χ0v) is 11.0. The summed E-state index contributed by atoms with van der Waals surface area (Å²) in [6.07, 6.45) is 6.99. The average molecular weight is 251 g/mol. The minimum atomic E-state index is -0.317. The lowest BCUT2D eigenvalue weighted by atomic mass is 10.2. The molecule has 2 N–H and O–H groups in total. The molecule has 1 aliphatic rings. The van der Waals surface area contributed by atoms with E-state index >= 15 is 0 Å². The first kappa shape index (κ1) is 14.4. The van der Waals surface area contributed by atoms with Crippen molar-refractivity contribution in [2.45, 2.75) is 19.9 Å². The Hall–Kier alpha value is -1.62. The van der Waals surface area contributed by atoms with E-state index in [9.17, 15) is 9.59 Å². The molecule has 1 saturated heterocycles. The van der Waals surface area contributed by atoms with Gasteiger partial charge in [0.2, 0.25) is 11.8 Å². The third-order valence-corrected chi connectivity index (χ3v) is 3.13. The Bertz CT molecular complexity index is 355. The second kappa shape index (κ2) is 6.96. The van der Waals surface area contributed by atoms with Gasteiger partial charge < -0.3 is 10.6 Å². The molecule has 100 valence electrons. The Morgan fingerprint density at radius 3 is 2.28 bits per heavy atom. The Balaban J connectivity index is 2.44. The molecular formula is C13H21N3O2. The number of hydrogen-bond acceptors (Lipinski definition) is 3. The molecule has 5 heteroatoms. The van der Waals surface area contributed by atoms with Crippen molar-refractivity contribution >= 4 is 11.8 Å². The quantitative estimate of drug-likeness (QED) is 0.571. The Morgan fingerprint density at radius 1 is 1.17 bits per heavy atom. The van der Waals surface area contributed by atoms with Crippen molar-refractivity contribution in [2.24, 2.45) is 5.73 Å². The standard InChI is InChI=1S/C13H21N3O2/c1-3-4-5-6-12(17)16-9-7-15(8-10-16)11(2)13(14)18/h3-6,11H,7-10H2,1-2H3,(H2,14,18)/b4-3+,6-5+. The van der Waals surface area contributed by atoms with Crippen LogP contribution in [0.1, 0.15) is 13.8 Å². The van der Waals surface area contributed by atoms with Crippen LogP contribution in [0.5, 0.6) is 0 Å². The van der Waals surface area contributed by atoms with E-state index in [-0.39, 0.29) is 17.9 Å². The maximum atomic E-state index is 11.8. The Morgan fingerprint density at radius 2 is 1.78 bits per heavy atom. The summed E-state index contributed by atoms with van der Waals surface area (Å²) in [4.78, 5) is 26.6. The molecule has 1 heterocycles. The third-order valence-electron chi connectivity index (χ3n) is 3.13. The van der Waals surface area contributed by atoms with Gasteiger partial charge in [-0.2, -0.15) is 0 Å². The number of rotatable bonds is 4. The van der Waals surface area contributed by atoms with Crippen molar-refractivity contribution in [2.75, 3.05) is 26.2 Å². The van der Waals surface area contributed by atoms with E-state index in [1.807, 2.05) is 24.0 Å². The number of hydrogen-bond donors (Lipinski definition) is 1. The number of nitrogens with two attached hydrogens (primary N) is 1. The summed E-state index contributed by atoms with van der Waals surface area (Å²) < 4.78 is 0. The van der Waals surface area contributed by atoms with Gasteiger partial charge in [0.15, 0.2) is 0 Å². The summed E-state index contributed by atoms with van der Waals surface area (Å²) in [7, 11) is 0. The zero-order chi connectivity index (χ0) is 13.5. The van der Waals surface area contributed by atoms with E-state index in [4.69, 9.17) is 5.73 Å². The Kier molecular flexibility index (Phi) is 5.58. The molecule has 0 aliphatic carbocycles. The molecular weight excluding hydrogens is 230 g/mol. The van der Waals surface area contributed by atoms with Gasteiger partial charge >= 0.3 is 0 Å². The van der Waals surface area contributed by atoms with Crippen LogP contribution in [-0.2, 0) is 9.59 Å². The first-order valence-corrected chi connectivity index (χ1v) is 6.18. The summed E-state index contributed by atoms with van der Waals surface area (Å²) >= 11 is 0. The molecule has 0 aromatic carbocycles. The lowest BCUT2D eigenvalue weighted by molar-refractivity contribution is -0.129. The fraction of sp³-hybridized carbons (Fsp3) is 0.538. The lowest BCUT2D eigenvalue weighted by Gasteiger charge is -2.36. The van der Waals surface area contributed by atoms with Crippen molar-refractivity contribution in [3.8, 4) is 0 Å². The van der Waals surface area contributed by atoms with E-state index < -0.39 is 0 Å². The van der Waals surface area contributed by atoms with E-state index in [0.29, 0.717) is 26.2 Å². The maximum absolute atomic E-state index is 11.8. The highest BCUT2D eigenvalue weighted by Crippen LogP contribution is 2.06. The topological polar surface area (TPSA) is 66.6 Å². The number of carbonyl (C=O) groups excluding carboxylic acids is 2. The van der Waals surface area contributed by atoms with E-state index in [1.54, 1.807) is 24.0 Å². The molecule has 0 saturated carbocycles. The van der Waals surface area contributed by atoms with Crippen molar-refractivity contribution < 1.29 is 9.59 Å². The number of nitrogens with zero attached hydrogens (tertiary/aromatic N) is 2. The van der Waals surface area contributed by atoms with E-state index in [0.717, 1.165) is 0 Å². The van der Waals surface area contributed by atoms with Crippen molar-refractivity contribution in [3.05, 3.63) is 24.3 Å². The number of carbonyl (C=O) groups is 2. The van der Waals surface area contributed by atoms with Crippen LogP contribution < -0.4 is 5.73 Å². The predicted molar refractivity (Wildman–Crippen MR) is 70.8 cm³/mol. The van der Waals surface area contributed by atoms with Gasteiger partial charge in [-0.05, 0) is 13.8 Å². The number of amides is 2. The molecule has 0 aromatic rings. The van der Waals surface area contributed by atoms with E-state index in [1.165, 1.54) is 0 Å². The van der Waals surface area contributed by atoms with Gasteiger partial charge in [0.25, 0.3) is 0 Å². The minimum Gasteiger partial charge on any atom is -0.368 e. The van der Waals surface area contributed by atoms with Crippen LogP contribution in [0.4, 0.5) is 0 Å². The van der Waals surface area contributed by atoms with Gasteiger partial charge in [0.1, 0.15) is 0 Å². The number of piperazine rings is 1. The fourth-order valence-corrected chi connectivity index (χ4v) is 1.86. The normalized spacial score (nSPS) is 19.6. The molecule has 0 radical (unpaired) electrons. The van der Waals surface area contributed by atoms with Crippen LogP contribution in [0.3, 0.4) is 0 Å². The van der Waals surface area contributed by atoms with Gasteiger partial charge in [-0.25, -0.2) is 0 Å². The van der Waals surface area contributed by atoms with Crippen molar-refractivity contribution in [1.82, 2.24) is 9.80 Å². The zero-order valence-electron chi connectivity index (χ0n) is 11.0. The summed E-state index contributed by atoms with van der Waals surface area (Å²) in [6, 6.07) is -0.263. The number of primary amides is 1. The highest BCUT2D eigenvalue weighted by molar-refractivity contribution is 5.88. The van der Waals surface area contributed by atoms with Crippen LogP contribution in [0, 0.1) is 0 Å². The molecule has 1 atom stereocenters. The molecule has 1 rings (SSSR count). The lowest BCUT2D eigenvalue weighted by Crippen LogP contribution is -2.54.